The van der Waals surface area contributed by atoms with Crippen LogP contribution in [0.5, 0.6) is 0 Å². The van der Waals surface area contributed by atoms with Gasteiger partial charge in [-0.2, -0.15) is 0 Å². The number of halogens is 1. The molecule has 1 rings (SSSR count). The SMILES string of the molecule is COC(OC)C(C)NC(=O)c1cc(Cl)cc([N+](=O)[O-])c1. The number of methoxy groups -OCH3 is 2. The van der Waals surface area contributed by atoms with Gasteiger partial charge < -0.3 is 14.8 Å². The van der Waals surface area contributed by atoms with Gasteiger partial charge in [-0.1, -0.05) is 11.6 Å². The Balaban J connectivity index is 2.90. The summed E-state index contributed by atoms with van der Waals surface area (Å²) in [6.07, 6.45) is -0.617. The molecule has 1 aromatic rings. The van der Waals surface area contributed by atoms with Crippen molar-refractivity contribution in [2.24, 2.45) is 0 Å². The van der Waals surface area contributed by atoms with E-state index in [1.54, 1.807) is 6.92 Å². The number of hydrogen-bond donors (Lipinski definition) is 1. The molecule has 0 aliphatic carbocycles. The van der Waals surface area contributed by atoms with E-state index in [0.717, 1.165) is 6.07 Å². The molecule has 0 heterocycles. The highest BCUT2D eigenvalue weighted by Crippen LogP contribution is 2.21. The molecule has 0 bridgehead atoms. The Kier molecular flexibility index (Phi) is 5.87. The zero-order chi connectivity index (χ0) is 15.3. The van der Waals surface area contributed by atoms with Crippen LogP contribution in [0.15, 0.2) is 18.2 Å². The van der Waals surface area contributed by atoms with Crippen LogP contribution >= 0.6 is 11.6 Å². The van der Waals surface area contributed by atoms with Gasteiger partial charge in [0, 0.05) is 36.9 Å². The zero-order valence-corrected chi connectivity index (χ0v) is 12.0. The van der Waals surface area contributed by atoms with Crippen LogP contribution in [0.2, 0.25) is 5.02 Å². The molecule has 0 spiro atoms. The van der Waals surface area contributed by atoms with Crippen LogP contribution in [-0.4, -0.2) is 37.4 Å². The highest BCUT2D eigenvalue weighted by atomic mass is 35.5. The molecule has 1 N–H and O–H groups in total. The average Bonchev–Trinajstić information content (AvgIpc) is 2.39. The number of nitrogens with zero attached hydrogens (tertiary/aromatic N) is 1. The van der Waals surface area contributed by atoms with E-state index in [0.29, 0.717) is 0 Å². The van der Waals surface area contributed by atoms with Crippen molar-refractivity contribution < 1.29 is 19.2 Å². The Hall–Kier alpha value is -1.70. The molecule has 0 aliphatic heterocycles. The zero-order valence-electron chi connectivity index (χ0n) is 11.3. The lowest BCUT2D eigenvalue weighted by molar-refractivity contribution is -0.384. The fraction of sp³-hybridized carbons (Fsp3) is 0.417. The lowest BCUT2D eigenvalue weighted by Crippen LogP contribution is -2.42. The van der Waals surface area contributed by atoms with Gasteiger partial charge in [0.1, 0.15) is 0 Å². The molecule has 110 valence electrons. The van der Waals surface area contributed by atoms with Crippen molar-refractivity contribution in [2.45, 2.75) is 19.3 Å². The first kappa shape index (κ1) is 16.4. The van der Waals surface area contributed by atoms with Crippen molar-refractivity contribution in [1.29, 1.82) is 0 Å². The van der Waals surface area contributed by atoms with E-state index < -0.39 is 23.2 Å². The number of rotatable bonds is 6. The van der Waals surface area contributed by atoms with Crippen molar-refractivity contribution in [2.75, 3.05) is 14.2 Å². The first-order valence-corrected chi connectivity index (χ1v) is 6.08. The van der Waals surface area contributed by atoms with Gasteiger partial charge in [0.15, 0.2) is 6.29 Å². The number of nitrogens with one attached hydrogen (secondary N) is 1. The number of nitro benzene ring substituents is 1. The molecular weight excluding hydrogens is 288 g/mol. The Morgan fingerprint density at radius 1 is 1.35 bits per heavy atom. The Labute approximate surface area is 121 Å². The summed E-state index contributed by atoms with van der Waals surface area (Å²) >= 11 is 5.76. The van der Waals surface area contributed by atoms with Gasteiger partial charge >= 0.3 is 0 Å². The lowest BCUT2D eigenvalue weighted by atomic mass is 10.1. The third kappa shape index (κ3) is 4.16. The summed E-state index contributed by atoms with van der Waals surface area (Å²) in [6.45, 7) is 1.69. The highest BCUT2D eigenvalue weighted by Gasteiger charge is 2.20. The van der Waals surface area contributed by atoms with Gasteiger partial charge in [0.25, 0.3) is 11.6 Å². The van der Waals surface area contributed by atoms with Crippen LogP contribution in [0.3, 0.4) is 0 Å². The summed E-state index contributed by atoms with van der Waals surface area (Å²) in [5.41, 5.74) is -0.146. The van der Waals surface area contributed by atoms with Crippen LogP contribution in [0, 0.1) is 10.1 Å². The topological polar surface area (TPSA) is 90.7 Å². The summed E-state index contributed by atoms with van der Waals surface area (Å²) in [6, 6.07) is 3.25. The van der Waals surface area contributed by atoms with Gasteiger partial charge in [-0.05, 0) is 13.0 Å². The molecule has 8 heteroatoms. The molecule has 1 amide bonds. The van der Waals surface area contributed by atoms with Gasteiger partial charge in [0.2, 0.25) is 0 Å². The minimum absolute atomic E-state index is 0.0991. The second-order valence-electron chi connectivity index (χ2n) is 4.06. The standard InChI is InChI=1S/C12H15ClN2O5/c1-7(12(19-2)20-3)14-11(16)8-4-9(13)6-10(5-8)15(17)18/h4-7,12H,1-3H3,(H,14,16). The molecule has 7 nitrogen and oxygen atoms in total. The molecule has 1 unspecified atom stereocenters. The number of benzene rings is 1. The minimum Gasteiger partial charge on any atom is -0.354 e. The van der Waals surface area contributed by atoms with Crippen molar-refractivity contribution in [3.05, 3.63) is 38.9 Å². The van der Waals surface area contributed by atoms with E-state index in [4.69, 9.17) is 21.1 Å². The van der Waals surface area contributed by atoms with Crippen LogP contribution < -0.4 is 5.32 Å². The van der Waals surface area contributed by atoms with Crippen LogP contribution in [-0.2, 0) is 9.47 Å². The molecule has 0 aromatic heterocycles. The summed E-state index contributed by atoms with van der Waals surface area (Å²) in [7, 11) is 2.89. The summed E-state index contributed by atoms with van der Waals surface area (Å²) in [4.78, 5) is 22.1. The van der Waals surface area contributed by atoms with Crippen LogP contribution in [0.25, 0.3) is 0 Å². The highest BCUT2D eigenvalue weighted by molar-refractivity contribution is 6.31. The number of ether oxygens (including phenoxy) is 2. The predicted octanol–water partition coefficient (Wildman–Crippen LogP) is 1.99. The monoisotopic (exact) mass is 302 g/mol. The van der Waals surface area contributed by atoms with Crippen molar-refractivity contribution in [3.8, 4) is 0 Å². The molecular formula is C12H15ClN2O5. The molecule has 0 saturated heterocycles. The Morgan fingerprint density at radius 3 is 2.45 bits per heavy atom. The van der Waals surface area contributed by atoms with Crippen LogP contribution in [0.1, 0.15) is 17.3 Å². The lowest BCUT2D eigenvalue weighted by Gasteiger charge is -2.22. The minimum atomic E-state index is -0.617. The largest absolute Gasteiger partial charge is 0.354 e. The van der Waals surface area contributed by atoms with E-state index >= 15 is 0 Å². The molecule has 0 aliphatic rings. The summed E-state index contributed by atoms with van der Waals surface area (Å²) in [5, 5.41) is 13.5. The van der Waals surface area contributed by atoms with E-state index in [2.05, 4.69) is 5.32 Å². The molecule has 0 radical (unpaired) electrons. The van der Waals surface area contributed by atoms with E-state index in [9.17, 15) is 14.9 Å². The molecule has 20 heavy (non-hydrogen) atoms. The number of carbonyl (C=O) groups is 1. The average molecular weight is 303 g/mol. The fourth-order valence-corrected chi connectivity index (χ4v) is 1.90. The molecule has 1 aromatic carbocycles. The first-order valence-electron chi connectivity index (χ1n) is 5.70. The predicted molar refractivity (Wildman–Crippen MR) is 72.8 cm³/mol. The van der Waals surface area contributed by atoms with Crippen molar-refractivity contribution in [3.63, 3.8) is 0 Å². The summed E-state index contributed by atoms with van der Waals surface area (Å²) < 4.78 is 10.0. The second kappa shape index (κ2) is 7.18. The third-order valence-electron chi connectivity index (χ3n) is 2.59. The van der Waals surface area contributed by atoms with Gasteiger partial charge in [0.05, 0.1) is 11.0 Å². The maximum atomic E-state index is 12.0. The first-order chi connectivity index (χ1) is 9.38. The van der Waals surface area contributed by atoms with Gasteiger partial charge in [-0.15, -0.1) is 0 Å². The number of amides is 1. The van der Waals surface area contributed by atoms with Gasteiger partial charge in [-0.3, -0.25) is 14.9 Å². The maximum absolute atomic E-state index is 12.0. The number of nitro groups is 1. The molecule has 0 fully saturated rings. The van der Waals surface area contributed by atoms with E-state index in [-0.39, 0.29) is 16.3 Å². The van der Waals surface area contributed by atoms with Gasteiger partial charge in [-0.25, -0.2) is 0 Å². The number of hydrogen-bond acceptors (Lipinski definition) is 5. The smallest absolute Gasteiger partial charge is 0.271 e. The van der Waals surface area contributed by atoms with E-state index in [1.165, 1.54) is 26.4 Å². The molecule has 1 atom stereocenters. The third-order valence-corrected chi connectivity index (χ3v) is 2.81. The maximum Gasteiger partial charge on any atom is 0.271 e. The van der Waals surface area contributed by atoms with Crippen molar-refractivity contribution in [1.82, 2.24) is 5.32 Å². The Bertz CT molecular complexity index is 505. The number of carbonyl (C=O) groups excluding carboxylic acids is 1. The normalized spacial score (nSPS) is 12.2. The second-order valence-corrected chi connectivity index (χ2v) is 4.49. The van der Waals surface area contributed by atoms with Crippen molar-refractivity contribution >= 4 is 23.2 Å². The van der Waals surface area contributed by atoms with E-state index in [1.807, 2.05) is 0 Å². The summed E-state index contributed by atoms with van der Waals surface area (Å²) in [5.74, 6) is -0.498. The van der Waals surface area contributed by atoms with Crippen LogP contribution in [0.4, 0.5) is 5.69 Å². The Morgan fingerprint density at radius 2 is 1.95 bits per heavy atom. The number of non-ortho nitro benzene ring substituents is 1. The molecule has 0 saturated carbocycles. The fourth-order valence-electron chi connectivity index (χ4n) is 1.67. The quantitative estimate of drug-likeness (QED) is 0.493.